The van der Waals surface area contributed by atoms with E-state index in [4.69, 9.17) is 0 Å². The van der Waals surface area contributed by atoms with Crippen molar-refractivity contribution in [3.05, 3.63) is 29.3 Å². The Balaban J connectivity index is 2.42. The Labute approximate surface area is 134 Å². The SMILES string of the molecule is CN1C(=O)CCc2cc(C(Br)C(C)(C)S(C)(=O)=O)ccc21. The van der Waals surface area contributed by atoms with Gasteiger partial charge in [-0.25, -0.2) is 8.42 Å². The Bertz CT molecular complexity index is 682. The van der Waals surface area contributed by atoms with Gasteiger partial charge in [-0.2, -0.15) is 0 Å². The van der Waals surface area contributed by atoms with Crippen LogP contribution in [-0.2, 0) is 21.1 Å². The summed E-state index contributed by atoms with van der Waals surface area (Å²) in [6.45, 7) is 3.44. The molecule has 0 aliphatic carbocycles. The van der Waals surface area contributed by atoms with Gasteiger partial charge in [-0.15, -0.1) is 0 Å². The molecule has 1 atom stereocenters. The molecular weight excluding hydrogens is 354 g/mol. The third-order valence-electron chi connectivity index (χ3n) is 4.31. The van der Waals surface area contributed by atoms with Gasteiger partial charge in [0.15, 0.2) is 9.84 Å². The van der Waals surface area contributed by atoms with Gasteiger partial charge in [0.1, 0.15) is 0 Å². The Morgan fingerprint density at radius 3 is 2.48 bits per heavy atom. The molecule has 0 fully saturated rings. The molecule has 1 unspecified atom stereocenters. The minimum Gasteiger partial charge on any atom is -0.315 e. The third kappa shape index (κ3) is 2.88. The molecule has 0 radical (unpaired) electrons. The fraction of sp³-hybridized carbons (Fsp3) is 0.533. The second-order valence-corrected chi connectivity index (χ2v) is 9.59. The third-order valence-corrected chi connectivity index (χ3v) is 8.43. The van der Waals surface area contributed by atoms with Crippen molar-refractivity contribution in [2.75, 3.05) is 18.2 Å². The molecule has 1 aromatic rings. The number of sulfone groups is 1. The van der Waals surface area contributed by atoms with E-state index in [2.05, 4.69) is 15.9 Å². The minimum atomic E-state index is -3.20. The number of aryl methyl sites for hydroxylation is 1. The summed E-state index contributed by atoms with van der Waals surface area (Å²) in [6, 6.07) is 5.79. The summed E-state index contributed by atoms with van der Waals surface area (Å²) in [6.07, 6.45) is 2.45. The highest BCUT2D eigenvalue weighted by atomic mass is 79.9. The van der Waals surface area contributed by atoms with E-state index in [0.29, 0.717) is 12.8 Å². The fourth-order valence-electron chi connectivity index (χ4n) is 2.42. The first kappa shape index (κ1) is 16.5. The molecule has 0 bridgehead atoms. The van der Waals surface area contributed by atoms with Crippen molar-refractivity contribution in [3.8, 4) is 0 Å². The highest BCUT2D eigenvalue weighted by Gasteiger charge is 2.38. The number of alkyl halides is 1. The number of hydrogen-bond donors (Lipinski definition) is 0. The summed E-state index contributed by atoms with van der Waals surface area (Å²) in [5, 5.41) is 0. The zero-order chi connectivity index (χ0) is 16.0. The summed E-state index contributed by atoms with van der Waals surface area (Å²) in [5.74, 6) is 0.113. The van der Waals surface area contributed by atoms with Gasteiger partial charge in [0.25, 0.3) is 0 Å². The van der Waals surface area contributed by atoms with Gasteiger partial charge in [-0.05, 0) is 37.5 Å². The van der Waals surface area contributed by atoms with Crippen LogP contribution in [0, 0.1) is 0 Å². The van der Waals surface area contributed by atoms with Gasteiger partial charge in [-0.1, -0.05) is 28.1 Å². The van der Waals surface area contributed by atoms with Crippen LogP contribution in [0.4, 0.5) is 5.69 Å². The van der Waals surface area contributed by atoms with Crippen LogP contribution in [0.3, 0.4) is 0 Å². The Kier molecular flexibility index (Phi) is 4.23. The predicted molar refractivity (Wildman–Crippen MR) is 88.8 cm³/mol. The van der Waals surface area contributed by atoms with Gasteiger partial charge in [0, 0.05) is 25.4 Å². The highest BCUT2D eigenvalue weighted by molar-refractivity contribution is 9.09. The lowest BCUT2D eigenvalue weighted by Crippen LogP contribution is -2.35. The monoisotopic (exact) mass is 373 g/mol. The topological polar surface area (TPSA) is 54.5 Å². The number of amides is 1. The smallest absolute Gasteiger partial charge is 0.227 e. The molecule has 1 amide bonds. The van der Waals surface area contributed by atoms with Crippen LogP contribution < -0.4 is 4.90 Å². The average Bonchev–Trinajstić information content (AvgIpc) is 2.40. The molecule has 1 aromatic carbocycles. The van der Waals surface area contributed by atoms with E-state index < -0.39 is 14.6 Å². The van der Waals surface area contributed by atoms with Crippen molar-refractivity contribution < 1.29 is 13.2 Å². The molecule has 0 saturated heterocycles. The number of benzene rings is 1. The second-order valence-electron chi connectivity index (χ2n) is 6.08. The van der Waals surface area contributed by atoms with Crippen LogP contribution in [0.5, 0.6) is 0 Å². The minimum absolute atomic E-state index is 0.113. The van der Waals surface area contributed by atoms with E-state index in [9.17, 15) is 13.2 Å². The van der Waals surface area contributed by atoms with Crippen molar-refractivity contribution in [3.63, 3.8) is 0 Å². The predicted octanol–water partition coefficient (Wildman–Crippen LogP) is 2.85. The Morgan fingerprint density at radius 1 is 1.29 bits per heavy atom. The Morgan fingerprint density at radius 2 is 1.90 bits per heavy atom. The molecular formula is C15H20BrNO3S. The first-order chi connectivity index (χ1) is 9.55. The van der Waals surface area contributed by atoms with Gasteiger partial charge >= 0.3 is 0 Å². The van der Waals surface area contributed by atoms with Crippen LogP contribution in [-0.4, -0.2) is 32.4 Å². The van der Waals surface area contributed by atoms with Gasteiger partial charge in [0.05, 0.1) is 9.57 Å². The van der Waals surface area contributed by atoms with Gasteiger partial charge in [-0.3, -0.25) is 4.79 Å². The summed E-state index contributed by atoms with van der Waals surface area (Å²) < 4.78 is 23.0. The number of carbonyl (C=O) groups excluding carboxylic acids is 1. The van der Waals surface area contributed by atoms with Crippen LogP contribution in [0.1, 0.15) is 36.2 Å². The molecule has 1 aliphatic heterocycles. The van der Waals surface area contributed by atoms with Crippen molar-refractivity contribution in [1.29, 1.82) is 0 Å². The normalized spacial score (nSPS) is 17.6. The van der Waals surface area contributed by atoms with Gasteiger partial charge < -0.3 is 4.90 Å². The molecule has 1 aliphatic rings. The lowest BCUT2D eigenvalue weighted by Gasteiger charge is -2.31. The van der Waals surface area contributed by atoms with E-state index in [1.165, 1.54) is 6.26 Å². The summed E-state index contributed by atoms with van der Waals surface area (Å²) in [4.78, 5) is 13.1. The molecule has 21 heavy (non-hydrogen) atoms. The number of fused-ring (bicyclic) bond motifs is 1. The maximum Gasteiger partial charge on any atom is 0.227 e. The number of halogens is 1. The molecule has 0 aromatic heterocycles. The van der Waals surface area contributed by atoms with Crippen LogP contribution >= 0.6 is 15.9 Å². The van der Waals surface area contributed by atoms with E-state index in [1.807, 2.05) is 18.2 Å². The molecule has 6 heteroatoms. The first-order valence-corrected chi connectivity index (χ1v) is 9.59. The van der Waals surface area contributed by atoms with E-state index in [1.54, 1.807) is 25.8 Å². The average molecular weight is 374 g/mol. The maximum atomic E-state index is 12.0. The zero-order valence-electron chi connectivity index (χ0n) is 12.7. The van der Waals surface area contributed by atoms with Crippen LogP contribution in [0.15, 0.2) is 18.2 Å². The molecule has 0 spiro atoms. The molecule has 1 heterocycles. The maximum absolute atomic E-state index is 12.0. The van der Waals surface area contributed by atoms with Gasteiger partial charge in [0.2, 0.25) is 5.91 Å². The molecule has 0 N–H and O–H groups in total. The molecule has 2 rings (SSSR count). The molecule has 116 valence electrons. The number of nitrogens with zero attached hydrogens (tertiary/aromatic N) is 1. The number of carbonyl (C=O) groups is 1. The highest BCUT2D eigenvalue weighted by Crippen LogP contribution is 2.41. The van der Waals surface area contributed by atoms with Crippen molar-refractivity contribution in [1.82, 2.24) is 0 Å². The second kappa shape index (κ2) is 5.39. The Hall–Kier alpha value is -0.880. The van der Waals surface area contributed by atoms with E-state index in [0.717, 1.165) is 16.8 Å². The molecule has 0 saturated carbocycles. The standard InChI is InChI=1S/C15H20BrNO3S/c1-15(2,21(4,19)20)14(16)11-5-7-12-10(9-11)6-8-13(18)17(12)3/h5,7,9,14H,6,8H2,1-4H3. The van der Waals surface area contributed by atoms with Crippen molar-refractivity contribution in [2.45, 2.75) is 36.3 Å². The first-order valence-electron chi connectivity index (χ1n) is 6.78. The summed E-state index contributed by atoms with van der Waals surface area (Å²) in [7, 11) is -1.43. The van der Waals surface area contributed by atoms with Crippen molar-refractivity contribution >= 4 is 37.4 Å². The lowest BCUT2D eigenvalue weighted by molar-refractivity contribution is -0.118. The largest absolute Gasteiger partial charge is 0.315 e. The summed E-state index contributed by atoms with van der Waals surface area (Å²) >= 11 is 3.54. The fourth-order valence-corrected chi connectivity index (χ4v) is 4.24. The zero-order valence-corrected chi connectivity index (χ0v) is 15.1. The quantitative estimate of drug-likeness (QED) is 0.765. The van der Waals surface area contributed by atoms with Crippen LogP contribution in [0.2, 0.25) is 0 Å². The van der Waals surface area contributed by atoms with E-state index >= 15 is 0 Å². The number of anilines is 1. The number of rotatable bonds is 3. The lowest BCUT2D eigenvalue weighted by atomic mass is 9.95. The number of hydrogen-bond acceptors (Lipinski definition) is 3. The van der Waals surface area contributed by atoms with Crippen molar-refractivity contribution in [2.24, 2.45) is 0 Å². The van der Waals surface area contributed by atoms with E-state index in [-0.39, 0.29) is 10.7 Å². The molecule has 4 nitrogen and oxygen atoms in total. The summed E-state index contributed by atoms with van der Waals surface area (Å²) in [5.41, 5.74) is 2.92. The van der Waals surface area contributed by atoms with Crippen LogP contribution in [0.25, 0.3) is 0 Å².